The SMILES string of the molecule is FCC(F)C(F)=C(F)F.FCC(F)C(F)=C(F)F. The predicted molar refractivity (Wildman–Crippen MR) is 42.4 cm³/mol. The second-order valence-corrected chi connectivity index (χ2v) is 2.46. The summed E-state index contributed by atoms with van der Waals surface area (Å²) in [6.45, 7) is -3.52. The van der Waals surface area contributed by atoms with E-state index in [2.05, 4.69) is 0 Å². The van der Waals surface area contributed by atoms with E-state index < -0.39 is 49.5 Å². The van der Waals surface area contributed by atoms with E-state index in [-0.39, 0.29) is 0 Å². The van der Waals surface area contributed by atoms with Crippen LogP contribution in [0.3, 0.4) is 0 Å². The van der Waals surface area contributed by atoms with Crippen LogP contribution in [-0.2, 0) is 0 Å². The summed E-state index contributed by atoms with van der Waals surface area (Å²) in [6.07, 6.45) is -11.2. The van der Waals surface area contributed by atoms with Gasteiger partial charge in [0.2, 0.25) is 11.7 Å². The Labute approximate surface area is 94.6 Å². The Morgan fingerprint density at radius 3 is 0.889 bits per heavy atom. The van der Waals surface area contributed by atoms with Gasteiger partial charge in [-0.1, -0.05) is 0 Å². The fourth-order valence-electron chi connectivity index (χ4n) is 0.372. The molecule has 0 fully saturated rings. The standard InChI is InChI=1S/2C4H3F5/c2*5-1-2(6)3(7)4(8)9/h2*2H,1H2. The molecule has 2 atom stereocenters. The van der Waals surface area contributed by atoms with Gasteiger partial charge in [-0.25, -0.2) is 26.3 Å². The molecule has 0 rings (SSSR count). The summed E-state index contributed by atoms with van der Waals surface area (Å²) in [5.74, 6) is -4.64. The second kappa shape index (κ2) is 9.77. The van der Waals surface area contributed by atoms with Crippen LogP contribution in [0.4, 0.5) is 43.9 Å². The topological polar surface area (TPSA) is 0 Å². The highest BCUT2D eigenvalue weighted by Crippen LogP contribution is 2.16. The van der Waals surface area contributed by atoms with Gasteiger partial charge in [0, 0.05) is 0 Å². The van der Waals surface area contributed by atoms with Gasteiger partial charge in [0.25, 0.3) is 0 Å². The first kappa shape index (κ1) is 19.1. The number of halogens is 10. The maximum atomic E-state index is 11.5. The van der Waals surface area contributed by atoms with Crippen molar-refractivity contribution in [2.75, 3.05) is 13.3 Å². The van der Waals surface area contributed by atoms with E-state index in [1.165, 1.54) is 0 Å². The molecule has 0 radical (unpaired) electrons. The molecule has 18 heavy (non-hydrogen) atoms. The zero-order valence-electron chi connectivity index (χ0n) is 8.35. The minimum Gasteiger partial charge on any atom is -0.247 e. The zero-order valence-corrected chi connectivity index (χ0v) is 8.35. The number of rotatable bonds is 4. The van der Waals surface area contributed by atoms with Gasteiger partial charge >= 0.3 is 12.2 Å². The van der Waals surface area contributed by atoms with Crippen LogP contribution in [0.2, 0.25) is 0 Å². The first-order valence-electron chi connectivity index (χ1n) is 4.00. The summed E-state index contributed by atoms with van der Waals surface area (Å²) < 4.78 is 112. The number of hydrogen-bond acceptors (Lipinski definition) is 0. The smallest absolute Gasteiger partial charge is 0.247 e. The molecule has 2 unspecified atom stereocenters. The van der Waals surface area contributed by atoms with Crippen molar-refractivity contribution in [3.63, 3.8) is 0 Å². The van der Waals surface area contributed by atoms with Crippen molar-refractivity contribution in [3.8, 4) is 0 Å². The first-order chi connectivity index (χ1) is 8.18. The predicted octanol–water partition coefficient (Wildman–Crippen LogP) is 4.74. The summed E-state index contributed by atoms with van der Waals surface area (Å²) in [5, 5.41) is 0. The van der Waals surface area contributed by atoms with Crippen LogP contribution in [0.25, 0.3) is 0 Å². The molecular formula is C8H6F10. The molecule has 0 aromatic rings. The van der Waals surface area contributed by atoms with Crippen molar-refractivity contribution in [3.05, 3.63) is 23.8 Å². The molecule has 0 aliphatic carbocycles. The van der Waals surface area contributed by atoms with Crippen molar-refractivity contribution in [2.45, 2.75) is 12.3 Å². The third kappa shape index (κ3) is 7.96. The van der Waals surface area contributed by atoms with Crippen LogP contribution in [0.1, 0.15) is 0 Å². The molecular weight excluding hydrogens is 286 g/mol. The highest BCUT2D eigenvalue weighted by Gasteiger charge is 2.18. The number of allylic oxidation sites excluding steroid dienone is 2. The molecule has 0 aromatic carbocycles. The van der Waals surface area contributed by atoms with E-state index in [9.17, 15) is 43.9 Å². The summed E-state index contributed by atoms with van der Waals surface area (Å²) in [4.78, 5) is 0. The summed E-state index contributed by atoms with van der Waals surface area (Å²) in [5.41, 5.74) is 0. The summed E-state index contributed by atoms with van der Waals surface area (Å²) >= 11 is 0. The van der Waals surface area contributed by atoms with Crippen molar-refractivity contribution in [1.82, 2.24) is 0 Å². The Hall–Kier alpha value is -1.22. The van der Waals surface area contributed by atoms with Gasteiger partial charge in [-0.05, 0) is 0 Å². The lowest BCUT2D eigenvalue weighted by Crippen LogP contribution is -2.03. The van der Waals surface area contributed by atoms with Crippen molar-refractivity contribution in [1.29, 1.82) is 0 Å². The highest BCUT2D eigenvalue weighted by atomic mass is 19.3. The lowest BCUT2D eigenvalue weighted by Gasteiger charge is -1.95. The van der Waals surface area contributed by atoms with E-state index in [1.807, 2.05) is 0 Å². The number of alkyl halides is 4. The van der Waals surface area contributed by atoms with E-state index in [4.69, 9.17) is 0 Å². The third-order valence-electron chi connectivity index (χ3n) is 1.18. The maximum absolute atomic E-state index is 11.5. The normalized spacial score (nSPS) is 13.0. The van der Waals surface area contributed by atoms with Crippen LogP contribution < -0.4 is 0 Å². The Morgan fingerprint density at radius 1 is 0.611 bits per heavy atom. The fraction of sp³-hybridized carbons (Fsp3) is 0.500. The lowest BCUT2D eigenvalue weighted by atomic mass is 10.4. The Bertz CT molecular complexity index is 258. The average molecular weight is 292 g/mol. The van der Waals surface area contributed by atoms with E-state index >= 15 is 0 Å². The second-order valence-electron chi connectivity index (χ2n) is 2.46. The van der Waals surface area contributed by atoms with E-state index in [0.717, 1.165) is 0 Å². The Kier molecular flexibility index (Phi) is 10.4. The zero-order chi connectivity index (χ0) is 14.9. The molecule has 108 valence electrons. The van der Waals surface area contributed by atoms with Gasteiger partial charge in [-0.2, -0.15) is 17.6 Å². The molecule has 0 amide bonds. The Balaban J connectivity index is 0. The highest BCUT2D eigenvalue weighted by molar-refractivity contribution is 4.99. The molecule has 0 heterocycles. The van der Waals surface area contributed by atoms with E-state index in [0.29, 0.717) is 0 Å². The van der Waals surface area contributed by atoms with Crippen LogP contribution in [-0.4, -0.2) is 25.7 Å². The third-order valence-corrected chi connectivity index (χ3v) is 1.18. The van der Waals surface area contributed by atoms with Gasteiger partial charge in [0.05, 0.1) is 0 Å². The van der Waals surface area contributed by atoms with Crippen LogP contribution >= 0.6 is 0 Å². The molecule has 0 aliphatic rings. The maximum Gasteiger partial charge on any atom is 0.304 e. The Morgan fingerprint density at radius 2 is 0.833 bits per heavy atom. The monoisotopic (exact) mass is 292 g/mol. The van der Waals surface area contributed by atoms with Crippen LogP contribution in [0.5, 0.6) is 0 Å². The molecule has 0 bridgehead atoms. The lowest BCUT2D eigenvalue weighted by molar-refractivity contribution is 0.237. The molecule has 0 spiro atoms. The molecule has 0 saturated carbocycles. The average Bonchev–Trinajstić information content (AvgIpc) is 2.35. The molecule has 0 saturated heterocycles. The van der Waals surface area contributed by atoms with Crippen molar-refractivity contribution >= 4 is 0 Å². The van der Waals surface area contributed by atoms with Crippen molar-refractivity contribution in [2.24, 2.45) is 0 Å². The number of hydrogen-bond donors (Lipinski definition) is 0. The fourth-order valence-corrected chi connectivity index (χ4v) is 0.372. The van der Waals surface area contributed by atoms with Crippen LogP contribution in [0.15, 0.2) is 23.8 Å². The van der Waals surface area contributed by atoms with Gasteiger partial charge in [0.15, 0.2) is 12.3 Å². The minimum atomic E-state index is -2.81. The molecule has 0 nitrogen and oxygen atoms in total. The van der Waals surface area contributed by atoms with E-state index in [1.54, 1.807) is 0 Å². The largest absolute Gasteiger partial charge is 0.304 e. The molecule has 0 N–H and O–H groups in total. The quantitative estimate of drug-likeness (QED) is 0.656. The minimum absolute atomic E-state index is 1.76. The summed E-state index contributed by atoms with van der Waals surface area (Å²) in [7, 11) is 0. The van der Waals surface area contributed by atoms with Gasteiger partial charge in [-0.15, -0.1) is 0 Å². The first-order valence-corrected chi connectivity index (χ1v) is 4.00. The molecule has 10 heteroatoms. The van der Waals surface area contributed by atoms with Gasteiger partial charge in [0.1, 0.15) is 13.3 Å². The molecule has 0 aromatic heterocycles. The van der Waals surface area contributed by atoms with Gasteiger partial charge < -0.3 is 0 Å². The van der Waals surface area contributed by atoms with Gasteiger partial charge in [-0.3, -0.25) is 0 Å². The van der Waals surface area contributed by atoms with Crippen molar-refractivity contribution < 1.29 is 43.9 Å². The summed E-state index contributed by atoms with van der Waals surface area (Å²) in [6, 6.07) is 0. The molecule has 0 aliphatic heterocycles. The van der Waals surface area contributed by atoms with Crippen LogP contribution in [0, 0.1) is 0 Å².